The molecule has 1 fully saturated rings. The van der Waals surface area contributed by atoms with Crippen LogP contribution in [0.4, 0.5) is 4.39 Å². The highest BCUT2D eigenvalue weighted by atomic mass is 35.5. The summed E-state index contributed by atoms with van der Waals surface area (Å²) < 4.78 is 13.0. The average Bonchev–Trinajstić information content (AvgIpc) is 2.15. The fourth-order valence-electron chi connectivity index (χ4n) is 1.30. The van der Waals surface area contributed by atoms with Crippen molar-refractivity contribution >= 4 is 17.5 Å². The summed E-state index contributed by atoms with van der Waals surface area (Å²) in [6.45, 7) is 1.53. The predicted molar refractivity (Wildman–Crippen MR) is 55.5 cm³/mol. The Hall–Kier alpha value is -1.13. The highest BCUT2D eigenvalue weighted by Gasteiger charge is 2.19. The first-order valence-electron chi connectivity index (χ1n) is 4.63. The summed E-state index contributed by atoms with van der Waals surface area (Å²) in [5.74, 6) is -0.840. The minimum atomic E-state index is -0.573. The van der Waals surface area contributed by atoms with Crippen molar-refractivity contribution in [2.24, 2.45) is 0 Å². The fraction of sp³-hybridized carbons (Fsp3) is 0.300. The molecule has 15 heavy (non-hydrogen) atoms. The molecule has 80 valence electrons. The van der Waals surface area contributed by atoms with E-state index in [0.717, 1.165) is 19.2 Å². The van der Waals surface area contributed by atoms with Crippen LogP contribution >= 0.6 is 11.6 Å². The van der Waals surface area contributed by atoms with Crippen molar-refractivity contribution in [3.8, 4) is 0 Å². The van der Waals surface area contributed by atoms with Gasteiger partial charge in [0.1, 0.15) is 5.82 Å². The molecule has 0 radical (unpaired) electrons. The van der Waals surface area contributed by atoms with Gasteiger partial charge in [-0.05, 0) is 18.2 Å². The second kappa shape index (κ2) is 4.16. The van der Waals surface area contributed by atoms with E-state index in [1.807, 2.05) is 0 Å². The SMILES string of the molecule is O=C(NC1CNC1)c1ccc(Cl)c(F)c1. The number of halogens is 2. The zero-order valence-corrected chi connectivity index (χ0v) is 8.64. The van der Waals surface area contributed by atoms with Gasteiger partial charge in [0.2, 0.25) is 0 Å². The van der Waals surface area contributed by atoms with Crippen LogP contribution in [0.1, 0.15) is 10.4 Å². The van der Waals surface area contributed by atoms with Gasteiger partial charge in [0.05, 0.1) is 11.1 Å². The second-order valence-electron chi connectivity index (χ2n) is 3.46. The zero-order chi connectivity index (χ0) is 10.8. The Morgan fingerprint density at radius 1 is 1.53 bits per heavy atom. The van der Waals surface area contributed by atoms with Gasteiger partial charge in [-0.1, -0.05) is 11.6 Å². The number of benzene rings is 1. The number of hydrogen-bond acceptors (Lipinski definition) is 2. The molecule has 1 aromatic carbocycles. The van der Waals surface area contributed by atoms with Crippen LogP contribution in [0, 0.1) is 5.82 Å². The van der Waals surface area contributed by atoms with Crippen molar-refractivity contribution in [2.75, 3.05) is 13.1 Å². The molecule has 0 saturated carbocycles. The number of hydrogen-bond donors (Lipinski definition) is 2. The average molecular weight is 229 g/mol. The minimum absolute atomic E-state index is 0.0249. The van der Waals surface area contributed by atoms with Gasteiger partial charge in [0.15, 0.2) is 0 Å². The molecule has 1 aliphatic heterocycles. The van der Waals surface area contributed by atoms with Gasteiger partial charge in [-0.25, -0.2) is 4.39 Å². The van der Waals surface area contributed by atoms with Crippen molar-refractivity contribution in [3.63, 3.8) is 0 Å². The van der Waals surface area contributed by atoms with Gasteiger partial charge in [0.25, 0.3) is 5.91 Å². The van der Waals surface area contributed by atoms with E-state index in [2.05, 4.69) is 10.6 Å². The van der Waals surface area contributed by atoms with Gasteiger partial charge in [0, 0.05) is 18.7 Å². The van der Waals surface area contributed by atoms with Crippen molar-refractivity contribution in [3.05, 3.63) is 34.6 Å². The fourth-order valence-corrected chi connectivity index (χ4v) is 1.41. The Morgan fingerprint density at radius 3 is 2.80 bits per heavy atom. The van der Waals surface area contributed by atoms with Crippen LogP contribution < -0.4 is 10.6 Å². The highest BCUT2D eigenvalue weighted by molar-refractivity contribution is 6.30. The molecule has 1 amide bonds. The van der Waals surface area contributed by atoms with Crippen molar-refractivity contribution in [1.29, 1.82) is 0 Å². The molecule has 0 bridgehead atoms. The Kier molecular flexibility index (Phi) is 2.88. The molecule has 0 unspecified atom stereocenters. The molecule has 0 aromatic heterocycles. The molecule has 1 aliphatic rings. The first-order chi connectivity index (χ1) is 7.16. The molecular weight excluding hydrogens is 219 g/mol. The molecular formula is C10H10ClFN2O. The Balaban J connectivity index is 2.07. The summed E-state index contributed by atoms with van der Waals surface area (Å²) in [6.07, 6.45) is 0. The molecule has 0 spiro atoms. The van der Waals surface area contributed by atoms with Crippen LogP contribution in [0.25, 0.3) is 0 Å². The van der Waals surface area contributed by atoms with Gasteiger partial charge < -0.3 is 10.6 Å². The first-order valence-corrected chi connectivity index (χ1v) is 5.01. The summed E-state index contributed by atoms with van der Waals surface area (Å²) in [6, 6.07) is 4.18. The van der Waals surface area contributed by atoms with Crippen LogP contribution in [0.5, 0.6) is 0 Å². The van der Waals surface area contributed by atoms with E-state index in [0.29, 0.717) is 5.56 Å². The standard InChI is InChI=1S/C10H10ClFN2O/c11-8-2-1-6(3-9(8)12)10(15)14-7-4-13-5-7/h1-3,7,13H,4-5H2,(H,14,15). The van der Waals surface area contributed by atoms with Crippen LogP contribution in [-0.2, 0) is 0 Å². The molecule has 5 heteroatoms. The van der Waals surface area contributed by atoms with Crippen LogP contribution in [0.15, 0.2) is 18.2 Å². The lowest BCUT2D eigenvalue weighted by Crippen LogP contribution is -2.56. The number of amides is 1. The van der Waals surface area contributed by atoms with E-state index < -0.39 is 5.82 Å². The summed E-state index contributed by atoms with van der Waals surface area (Å²) in [4.78, 5) is 11.6. The smallest absolute Gasteiger partial charge is 0.251 e. The lowest BCUT2D eigenvalue weighted by atomic mass is 10.1. The summed E-state index contributed by atoms with van der Waals surface area (Å²) >= 11 is 5.51. The van der Waals surface area contributed by atoms with E-state index in [9.17, 15) is 9.18 Å². The van der Waals surface area contributed by atoms with Crippen LogP contribution in [-0.4, -0.2) is 25.0 Å². The molecule has 0 aliphatic carbocycles. The number of carbonyl (C=O) groups is 1. The van der Waals surface area contributed by atoms with E-state index in [-0.39, 0.29) is 17.0 Å². The van der Waals surface area contributed by atoms with E-state index in [4.69, 9.17) is 11.6 Å². The van der Waals surface area contributed by atoms with Crippen LogP contribution in [0.2, 0.25) is 5.02 Å². The Bertz CT molecular complexity index is 393. The molecule has 1 aromatic rings. The van der Waals surface area contributed by atoms with Crippen molar-refractivity contribution in [1.82, 2.24) is 10.6 Å². The highest BCUT2D eigenvalue weighted by Crippen LogP contribution is 2.15. The Labute approximate surface area is 91.6 Å². The molecule has 0 atom stereocenters. The molecule has 1 saturated heterocycles. The maximum absolute atomic E-state index is 13.0. The maximum Gasteiger partial charge on any atom is 0.251 e. The van der Waals surface area contributed by atoms with Crippen LogP contribution in [0.3, 0.4) is 0 Å². The van der Waals surface area contributed by atoms with Gasteiger partial charge in [-0.15, -0.1) is 0 Å². The van der Waals surface area contributed by atoms with Gasteiger partial charge >= 0.3 is 0 Å². The normalized spacial score (nSPS) is 15.9. The number of carbonyl (C=O) groups excluding carboxylic acids is 1. The lowest BCUT2D eigenvalue weighted by molar-refractivity contribution is 0.0923. The van der Waals surface area contributed by atoms with Crippen molar-refractivity contribution < 1.29 is 9.18 Å². The molecule has 2 rings (SSSR count). The van der Waals surface area contributed by atoms with E-state index in [1.54, 1.807) is 0 Å². The zero-order valence-electron chi connectivity index (χ0n) is 7.89. The largest absolute Gasteiger partial charge is 0.347 e. The third kappa shape index (κ3) is 2.27. The minimum Gasteiger partial charge on any atom is -0.347 e. The third-order valence-electron chi connectivity index (χ3n) is 2.30. The van der Waals surface area contributed by atoms with E-state index >= 15 is 0 Å². The molecule has 1 heterocycles. The number of nitrogens with one attached hydrogen (secondary N) is 2. The van der Waals surface area contributed by atoms with E-state index in [1.165, 1.54) is 12.1 Å². The van der Waals surface area contributed by atoms with Gasteiger partial charge in [-0.2, -0.15) is 0 Å². The Morgan fingerprint density at radius 2 is 2.27 bits per heavy atom. The van der Waals surface area contributed by atoms with Gasteiger partial charge in [-0.3, -0.25) is 4.79 Å². The summed E-state index contributed by atoms with van der Waals surface area (Å²) in [7, 11) is 0. The predicted octanol–water partition coefficient (Wildman–Crippen LogP) is 1.18. The summed E-state index contributed by atoms with van der Waals surface area (Å²) in [5.41, 5.74) is 0.295. The topological polar surface area (TPSA) is 41.1 Å². The second-order valence-corrected chi connectivity index (χ2v) is 3.86. The maximum atomic E-state index is 13.0. The quantitative estimate of drug-likeness (QED) is 0.798. The third-order valence-corrected chi connectivity index (χ3v) is 2.61. The monoisotopic (exact) mass is 228 g/mol. The lowest BCUT2D eigenvalue weighted by Gasteiger charge is -2.27. The molecule has 2 N–H and O–H groups in total. The van der Waals surface area contributed by atoms with Crippen molar-refractivity contribution in [2.45, 2.75) is 6.04 Å². The first kappa shape index (κ1) is 10.4. The molecule has 3 nitrogen and oxygen atoms in total. The summed E-state index contributed by atoms with van der Waals surface area (Å²) in [5, 5.41) is 5.82. The number of rotatable bonds is 2.